The molecule has 4 nitrogen and oxygen atoms in total. The molecule has 2 atom stereocenters. The highest BCUT2D eigenvalue weighted by atomic mass is 16.1. The van der Waals surface area contributed by atoms with Crippen LogP contribution in [0.2, 0.25) is 0 Å². The molecule has 0 radical (unpaired) electrons. The summed E-state index contributed by atoms with van der Waals surface area (Å²) in [5.74, 6) is 0.433. The number of piperidine rings is 1. The van der Waals surface area contributed by atoms with Gasteiger partial charge in [-0.1, -0.05) is 0 Å². The van der Waals surface area contributed by atoms with Gasteiger partial charge in [0.25, 0.3) is 0 Å². The van der Waals surface area contributed by atoms with Gasteiger partial charge in [0.2, 0.25) is 0 Å². The summed E-state index contributed by atoms with van der Waals surface area (Å²) in [6.07, 6.45) is 1.49. The Morgan fingerprint density at radius 1 is 1.24 bits per heavy atom. The lowest BCUT2D eigenvalue weighted by Gasteiger charge is -2.42. The second kappa shape index (κ2) is 5.46. The zero-order valence-corrected chi connectivity index (χ0v) is 11.4. The summed E-state index contributed by atoms with van der Waals surface area (Å²) in [6, 6.07) is 1.04. The summed E-state index contributed by atoms with van der Waals surface area (Å²) in [4.78, 5) is 18.7. The first-order chi connectivity index (χ1) is 8.06. The summed E-state index contributed by atoms with van der Waals surface area (Å²) in [5, 5.41) is 0. The molecule has 0 aliphatic carbocycles. The van der Waals surface area contributed by atoms with E-state index >= 15 is 0 Å². The molecule has 0 aromatic rings. The van der Waals surface area contributed by atoms with Crippen molar-refractivity contribution >= 4 is 5.78 Å². The second-order valence-corrected chi connectivity index (χ2v) is 5.73. The van der Waals surface area contributed by atoms with Crippen LogP contribution in [0.15, 0.2) is 0 Å². The van der Waals surface area contributed by atoms with Crippen LogP contribution < -0.4 is 0 Å². The van der Waals surface area contributed by atoms with Crippen LogP contribution in [0.5, 0.6) is 0 Å². The van der Waals surface area contributed by atoms with E-state index in [4.69, 9.17) is 0 Å². The molecule has 2 unspecified atom stereocenters. The lowest BCUT2D eigenvalue weighted by molar-refractivity contribution is -0.123. The molecule has 2 rings (SSSR count). The molecule has 0 N–H and O–H groups in total. The van der Waals surface area contributed by atoms with E-state index in [2.05, 4.69) is 35.7 Å². The molecule has 2 saturated heterocycles. The Morgan fingerprint density at radius 3 is 2.71 bits per heavy atom. The summed E-state index contributed by atoms with van der Waals surface area (Å²) < 4.78 is 0. The van der Waals surface area contributed by atoms with Gasteiger partial charge in [0, 0.05) is 57.6 Å². The Bertz CT molecular complexity index is 282. The molecule has 2 fully saturated rings. The van der Waals surface area contributed by atoms with Crippen molar-refractivity contribution in [1.82, 2.24) is 14.7 Å². The van der Waals surface area contributed by atoms with E-state index in [-0.39, 0.29) is 0 Å². The highest BCUT2D eigenvalue weighted by molar-refractivity contribution is 5.79. The molecule has 2 heterocycles. The zero-order valence-electron chi connectivity index (χ0n) is 11.4. The van der Waals surface area contributed by atoms with E-state index in [0.717, 1.165) is 39.0 Å². The van der Waals surface area contributed by atoms with Crippen LogP contribution in [-0.2, 0) is 4.79 Å². The number of nitrogens with zero attached hydrogens (tertiary/aromatic N) is 3. The number of piperazine rings is 1. The number of hydrogen-bond donors (Lipinski definition) is 0. The van der Waals surface area contributed by atoms with Crippen LogP contribution in [0.3, 0.4) is 0 Å². The van der Waals surface area contributed by atoms with Crippen molar-refractivity contribution in [3.63, 3.8) is 0 Å². The van der Waals surface area contributed by atoms with E-state index < -0.39 is 0 Å². The Balaban J connectivity index is 1.88. The van der Waals surface area contributed by atoms with Crippen molar-refractivity contribution in [3.8, 4) is 0 Å². The summed E-state index contributed by atoms with van der Waals surface area (Å²) >= 11 is 0. The van der Waals surface area contributed by atoms with Crippen LogP contribution in [0.4, 0.5) is 0 Å². The van der Waals surface area contributed by atoms with Crippen LogP contribution >= 0.6 is 0 Å². The van der Waals surface area contributed by atoms with Crippen LogP contribution in [0, 0.1) is 0 Å². The van der Waals surface area contributed by atoms with Crippen LogP contribution in [-0.4, -0.2) is 79.4 Å². The fourth-order valence-corrected chi connectivity index (χ4v) is 2.89. The third-order valence-corrected chi connectivity index (χ3v) is 4.25. The molecule has 2 aliphatic heterocycles. The predicted octanol–water partition coefficient (Wildman–Crippen LogP) is 0.286. The van der Waals surface area contributed by atoms with Crippen molar-refractivity contribution in [2.24, 2.45) is 0 Å². The van der Waals surface area contributed by atoms with E-state index in [1.54, 1.807) is 0 Å². The van der Waals surface area contributed by atoms with Crippen LogP contribution in [0.25, 0.3) is 0 Å². The maximum Gasteiger partial charge on any atom is 0.135 e. The molecule has 17 heavy (non-hydrogen) atoms. The third kappa shape index (κ3) is 3.27. The number of carbonyl (C=O) groups is 1. The minimum atomic E-state index is 0.428. The first-order valence-corrected chi connectivity index (χ1v) is 6.71. The SMILES string of the molecule is CC1CC(=O)CCN1CC1CN(C)CCN1C. The molecule has 98 valence electrons. The average molecular weight is 239 g/mol. The fourth-order valence-electron chi connectivity index (χ4n) is 2.89. The molecule has 0 saturated carbocycles. The lowest BCUT2D eigenvalue weighted by Crippen LogP contribution is -2.56. The number of rotatable bonds is 2. The molecular weight excluding hydrogens is 214 g/mol. The van der Waals surface area contributed by atoms with Crippen molar-refractivity contribution in [2.45, 2.75) is 31.8 Å². The van der Waals surface area contributed by atoms with E-state index in [1.165, 1.54) is 6.54 Å². The van der Waals surface area contributed by atoms with Gasteiger partial charge in [-0.2, -0.15) is 0 Å². The Kier molecular flexibility index (Phi) is 4.17. The largest absolute Gasteiger partial charge is 0.303 e. The standard InChI is InChI=1S/C13H25N3O/c1-11-8-13(17)4-5-16(11)10-12-9-14(2)6-7-15(12)3/h11-12H,4-10H2,1-3H3. The zero-order chi connectivity index (χ0) is 12.4. The molecule has 0 aromatic carbocycles. The van der Waals surface area contributed by atoms with Gasteiger partial charge in [-0.15, -0.1) is 0 Å². The quantitative estimate of drug-likeness (QED) is 0.692. The summed E-state index contributed by atoms with van der Waals surface area (Å²) in [5.41, 5.74) is 0. The van der Waals surface area contributed by atoms with E-state index in [0.29, 0.717) is 17.9 Å². The maximum atomic E-state index is 11.4. The van der Waals surface area contributed by atoms with Gasteiger partial charge < -0.3 is 4.90 Å². The number of carbonyl (C=O) groups excluding carboxylic acids is 1. The van der Waals surface area contributed by atoms with Crippen molar-refractivity contribution in [1.29, 1.82) is 0 Å². The van der Waals surface area contributed by atoms with Gasteiger partial charge in [0.1, 0.15) is 5.78 Å². The Hall–Kier alpha value is -0.450. The molecule has 4 heteroatoms. The van der Waals surface area contributed by atoms with Gasteiger partial charge in [-0.3, -0.25) is 14.6 Å². The van der Waals surface area contributed by atoms with Gasteiger partial charge in [0.05, 0.1) is 0 Å². The van der Waals surface area contributed by atoms with Gasteiger partial charge >= 0.3 is 0 Å². The topological polar surface area (TPSA) is 26.8 Å². The van der Waals surface area contributed by atoms with Gasteiger partial charge in [0.15, 0.2) is 0 Å². The van der Waals surface area contributed by atoms with Gasteiger partial charge in [-0.05, 0) is 21.0 Å². The molecule has 0 bridgehead atoms. The number of hydrogen-bond acceptors (Lipinski definition) is 4. The monoisotopic (exact) mass is 239 g/mol. The van der Waals surface area contributed by atoms with Crippen LogP contribution in [0.1, 0.15) is 19.8 Å². The normalized spacial score (nSPS) is 34.2. The number of likely N-dealkylation sites (tertiary alicyclic amines) is 1. The Labute approximate surface area is 105 Å². The molecule has 2 aliphatic rings. The molecular formula is C13H25N3O. The maximum absolute atomic E-state index is 11.4. The highest BCUT2D eigenvalue weighted by Crippen LogP contribution is 2.16. The Morgan fingerprint density at radius 2 is 2.00 bits per heavy atom. The first-order valence-electron chi connectivity index (χ1n) is 6.71. The van der Waals surface area contributed by atoms with Crippen molar-refractivity contribution in [2.75, 3.05) is 46.8 Å². The number of ketones is 1. The second-order valence-electron chi connectivity index (χ2n) is 5.73. The predicted molar refractivity (Wildman–Crippen MR) is 69.2 cm³/mol. The average Bonchev–Trinajstić information content (AvgIpc) is 2.27. The minimum absolute atomic E-state index is 0.428. The minimum Gasteiger partial charge on any atom is -0.303 e. The van der Waals surface area contributed by atoms with Gasteiger partial charge in [-0.25, -0.2) is 0 Å². The summed E-state index contributed by atoms with van der Waals surface area (Å²) in [6.45, 7) is 7.71. The third-order valence-electron chi connectivity index (χ3n) is 4.25. The highest BCUT2D eigenvalue weighted by Gasteiger charge is 2.29. The lowest BCUT2D eigenvalue weighted by atomic mass is 10.0. The fraction of sp³-hybridized carbons (Fsp3) is 0.923. The smallest absolute Gasteiger partial charge is 0.135 e. The van der Waals surface area contributed by atoms with Crippen molar-refractivity contribution < 1.29 is 4.79 Å². The summed E-state index contributed by atoms with van der Waals surface area (Å²) in [7, 11) is 4.42. The molecule has 0 amide bonds. The molecule has 0 aromatic heterocycles. The first kappa shape index (κ1) is 13.0. The number of Topliss-reactive ketones (excluding diaryl/α,β-unsaturated/α-hetero) is 1. The van der Waals surface area contributed by atoms with E-state index in [9.17, 15) is 4.79 Å². The van der Waals surface area contributed by atoms with Crippen molar-refractivity contribution in [3.05, 3.63) is 0 Å². The number of likely N-dealkylation sites (N-methyl/N-ethyl adjacent to an activating group) is 2. The molecule has 0 spiro atoms. The van der Waals surface area contributed by atoms with E-state index in [1.807, 2.05) is 0 Å².